The van der Waals surface area contributed by atoms with Crippen LogP contribution in [0.5, 0.6) is 0 Å². The van der Waals surface area contributed by atoms with Crippen molar-refractivity contribution < 1.29 is 19.7 Å². The highest BCUT2D eigenvalue weighted by molar-refractivity contribution is 5.77. The molecule has 0 saturated heterocycles. The molecule has 0 aromatic carbocycles. The third-order valence-electron chi connectivity index (χ3n) is 1.67. The molecule has 0 amide bonds. The summed E-state index contributed by atoms with van der Waals surface area (Å²) in [6.07, 6.45) is 4.84. The maximum Gasteiger partial charge on any atom is 0.309 e. The van der Waals surface area contributed by atoms with E-state index in [2.05, 4.69) is 5.16 Å². The first-order valence-electron chi connectivity index (χ1n) is 4.10. The number of carboxylic acid groups (broad SMARTS) is 1. The van der Waals surface area contributed by atoms with E-state index < -0.39 is 5.97 Å². The summed E-state index contributed by atoms with van der Waals surface area (Å²) >= 11 is 0. The number of hydrogen-bond donors (Lipinski definition) is 2. The van der Waals surface area contributed by atoms with Crippen LogP contribution in [0.15, 0.2) is 29.7 Å². The lowest BCUT2D eigenvalue weighted by molar-refractivity contribution is -0.696. The first-order valence-corrected chi connectivity index (χ1v) is 4.10. The Morgan fingerprint density at radius 1 is 1.64 bits per heavy atom. The van der Waals surface area contributed by atoms with E-state index in [9.17, 15) is 4.79 Å². The van der Waals surface area contributed by atoms with Gasteiger partial charge in [0.25, 0.3) is 0 Å². The van der Waals surface area contributed by atoms with Crippen LogP contribution in [0.2, 0.25) is 0 Å². The second-order valence-electron chi connectivity index (χ2n) is 2.76. The molecule has 1 rings (SSSR count). The topological polar surface area (TPSA) is 73.8 Å². The largest absolute Gasteiger partial charge is 0.481 e. The van der Waals surface area contributed by atoms with Crippen LogP contribution >= 0.6 is 0 Å². The number of pyridine rings is 1. The standard InChI is InChI=1S/C9H10N2O3/c12-9(13)3-5-11-4-1-2-8(7-11)6-10-14/h1-2,4,6-7H,3,5H2,(H-,12,13,14)/p+1/b10-6+. The van der Waals surface area contributed by atoms with Crippen molar-refractivity contribution in [2.45, 2.75) is 13.0 Å². The van der Waals surface area contributed by atoms with E-state index in [4.69, 9.17) is 10.3 Å². The summed E-state index contributed by atoms with van der Waals surface area (Å²) in [6.45, 7) is 0.405. The van der Waals surface area contributed by atoms with Gasteiger partial charge in [-0.3, -0.25) is 4.79 Å². The zero-order valence-corrected chi connectivity index (χ0v) is 7.50. The van der Waals surface area contributed by atoms with Crippen LogP contribution in [-0.4, -0.2) is 22.5 Å². The molecule has 0 radical (unpaired) electrons. The molecular formula is C9H11N2O3+. The Bertz CT molecular complexity index is 350. The molecule has 0 aliphatic heterocycles. The molecule has 0 fully saturated rings. The number of carboxylic acids is 1. The van der Waals surface area contributed by atoms with Crippen LogP contribution < -0.4 is 4.57 Å². The lowest BCUT2D eigenvalue weighted by Crippen LogP contribution is -2.34. The Balaban J connectivity index is 2.68. The van der Waals surface area contributed by atoms with Gasteiger partial charge in [0, 0.05) is 6.07 Å². The molecule has 0 aliphatic carbocycles. The maximum absolute atomic E-state index is 10.3. The van der Waals surface area contributed by atoms with Crippen LogP contribution in [0.25, 0.3) is 0 Å². The zero-order chi connectivity index (χ0) is 10.4. The third-order valence-corrected chi connectivity index (χ3v) is 1.67. The minimum atomic E-state index is -0.835. The molecule has 1 aromatic heterocycles. The average molecular weight is 195 g/mol. The smallest absolute Gasteiger partial charge is 0.309 e. The number of hydrogen-bond acceptors (Lipinski definition) is 3. The zero-order valence-electron chi connectivity index (χ0n) is 7.50. The quantitative estimate of drug-likeness (QED) is 0.313. The van der Waals surface area contributed by atoms with Gasteiger partial charge in [0.15, 0.2) is 18.9 Å². The van der Waals surface area contributed by atoms with Gasteiger partial charge in [-0.25, -0.2) is 4.57 Å². The highest BCUT2D eigenvalue weighted by atomic mass is 16.4. The van der Waals surface area contributed by atoms with E-state index >= 15 is 0 Å². The Kier molecular flexibility index (Phi) is 3.60. The summed E-state index contributed by atoms with van der Waals surface area (Å²) in [5.74, 6) is -0.835. The van der Waals surface area contributed by atoms with E-state index in [1.165, 1.54) is 6.21 Å². The molecule has 5 heteroatoms. The van der Waals surface area contributed by atoms with Crippen molar-refractivity contribution in [3.8, 4) is 0 Å². The van der Waals surface area contributed by atoms with E-state index in [1.54, 1.807) is 29.1 Å². The third kappa shape index (κ3) is 3.22. The van der Waals surface area contributed by atoms with Gasteiger partial charge in [0.1, 0.15) is 6.42 Å². The molecular weight excluding hydrogens is 184 g/mol. The fourth-order valence-electron chi connectivity index (χ4n) is 1.05. The van der Waals surface area contributed by atoms with Gasteiger partial charge in [0.05, 0.1) is 11.8 Å². The Hall–Kier alpha value is -1.91. The van der Waals surface area contributed by atoms with E-state index in [0.717, 1.165) is 5.56 Å². The van der Waals surface area contributed by atoms with Crippen molar-refractivity contribution in [2.75, 3.05) is 0 Å². The molecule has 0 bridgehead atoms. The summed E-state index contributed by atoms with van der Waals surface area (Å²) < 4.78 is 1.73. The molecule has 5 nitrogen and oxygen atoms in total. The first-order chi connectivity index (χ1) is 6.72. The number of rotatable bonds is 4. The summed E-state index contributed by atoms with van der Waals surface area (Å²) in [6, 6.07) is 3.52. The van der Waals surface area contributed by atoms with Crippen molar-refractivity contribution in [3.05, 3.63) is 30.1 Å². The lowest BCUT2D eigenvalue weighted by Gasteiger charge is -1.94. The van der Waals surface area contributed by atoms with E-state index in [1.807, 2.05) is 0 Å². The molecule has 0 unspecified atom stereocenters. The Morgan fingerprint density at radius 3 is 3.07 bits per heavy atom. The fourth-order valence-corrected chi connectivity index (χ4v) is 1.05. The summed E-state index contributed by atoms with van der Waals surface area (Å²) in [7, 11) is 0. The van der Waals surface area contributed by atoms with Crippen LogP contribution in [0.4, 0.5) is 0 Å². The highest BCUT2D eigenvalue weighted by Gasteiger charge is 2.04. The van der Waals surface area contributed by atoms with Crippen molar-refractivity contribution in [1.82, 2.24) is 0 Å². The fraction of sp³-hybridized carbons (Fsp3) is 0.222. The monoisotopic (exact) mass is 195 g/mol. The summed E-state index contributed by atoms with van der Waals surface area (Å²) in [4.78, 5) is 10.3. The molecule has 0 aliphatic rings. The van der Waals surface area contributed by atoms with Gasteiger partial charge in [-0.05, 0) is 6.07 Å². The number of nitrogens with zero attached hydrogens (tertiary/aromatic N) is 2. The van der Waals surface area contributed by atoms with Gasteiger partial charge in [0.2, 0.25) is 0 Å². The summed E-state index contributed by atoms with van der Waals surface area (Å²) in [5.41, 5.74) is 0.723. The Morgan fingerprint density at radius 2 is 2.43 bits per heavy atom. The second kappa shape index (κ2) is 4.96. The van der Waals surface area contributed by atoms with Gasteiger partial charge in [-0.15, -0.1) is 0 Å². The average Bonchev–Trinajstić information content (AvgIpc) is 2.16. The van der Waals surface area contributed by atoms with Crippen LogP contribution in [0.3, 0.4) is 0 Å². The minimum absolute atomic E-state index is 0.0738. The number of oxime groups is 1. The SMILES string of the molecule is O=C(O)CC[n+]1cccc(/C=N/O)c1. The van der Waals surface area contributed by atoms with Gasteiger partial charge in [-0.2, -0.15) is 0 Å². The number of aliphatic carboxylic acids is 1. The number of aryl methyl sites for hydroxylation is 1. The molecule has 0 saturated carbocycles. The molecule has 0 atom stereocenters. The van der Waals surface area contributed by atoms with Crippen molar-refractivity contribution in [3.63, 3.8) is 0 Å². The maximum atomic E-state index is 10.3. The molecule has 2 N–H and O–H groups in total. The van der Waals surface area contributed by atoms with E-state index in [-0.39, 0.29) is 6.42 Å². The Labute approximate surface area is 80.9 Å². The van der Waals surface area contributed by atoms with Gasteiger partial charge in [-0.1, -0.05) is 5.16 Å². The molecule has 14 heavy (non-hydrogen) atoms. The predicted octanol–water partition coefficient (Wildman–Crippen LogP) is 0.257. The molecule has 1 heterocycles. The van der Waals surface area contributed by atoms with Crippen LogP contribution in [0.1, 0.15) is 12.0 Å². The first kappa shape index (κ1) is 10.2. The van der Waals surface area contributed by atoms with Gasteiger partial charge < -0.3 is 10.3 Å². The summed E-state index contributed by atoms with van der Waals surface area (Å²) in [5, 5.41) is 19.7. The second-order valence-corrected chi connectivity index (χ2v) is 2.76. The van der Waals surface area contributed by atoms with E-state index in [0.29, 0.717) is 6.54 Å². The van der Waals surface area contributed by atoms with Crippen LogP contribution in [0, 0.1) is 0 Å². The number of aromatic nitrogens is 1. The molecule has 0 spiro atoms. The normalized spacial score (nSPS) is 10.6. The lowest BCUT2D eigenvalue weighted by atomic mass is 10.3. The minimum Gasteiger partial charge on any atom is -0.481 e. The van der Waals surface area contributed by atoms with Crippen LogP contribution in [-0.2, 0) is 11.3 Å². The predicted molar refractivity (Wildman–Crippen MR) is 48.3 cm³/mol. The highest BCUT2D eigenvalue weighted by Crippen LogP contribution is 1.90. The van der Waals surface area contributed by atoms with Gasteiger partial charge >= 0.3 is 5.97 Å². The van der Waals surface area contributed by atoms with Crippen molar-refractivity contribution in [2.24, 2.45) is 5.16 Å². The van der Waals surface area contributed by atoms with Crippen molar-refractivity contribution >= 4 is 12.2 Å². The number of carbonyl (C=O) groups is 1. The molecule has 74 valence electrons. The molecule has 1 aromatic rings. The van der Waals surface area contributed by atoms with Crippen molar-refractivity contribution in [1.29, 1.82) is 0 Å².